The number of aryl methyl sites for hydroxylation is 1. The van der Waals surface area contributed by atoms with E-state index in [9.17, 15) is 19.2 Å². The third kappa shape index (κ3) is 4.90. The van der Waals surface area contributed by atoms with Gasteiger partial charge in [0.05, 0.1) is 0 Å². The van der Waals surface area contributed by atoms with Crippen LogP contribution in [0.4, 0.5) is 0 Å². The molecule has 0 saturated carbocycles. The number of hydrogen-bond acceptors (Lipinski definition) is 5. The largest absolute Gasteiger partial charge is 0.322 e. The molecule has 1 atom stereocenters. The Morgan fingerprint density at radius 3 is 2.60 bits per heavy atom. The fourth-order valence-electron chi connectivity index (χ4n) is 4.58. The highest BCUT2D eigenvalue weighted by Crippen LogP contribution is 2.28. The van der Waals surface area contributed by atoms with Gasteiger partial charge >= 0.3 is 0 Å². The summed E-state index contributed by atoms with van der Waals surface area (Å²) < 4.78 is 0. The van der Waals surface area contributed by atoms with Crippen LogP contribution in [0.2, 0.25) is 0 Å². The van der Waals surface area contributed by atoms with Gasteiger partial charge in [-0.3, -0.25) is 24.5 Å². The molecule has 162 valence electrons. The van der Waals surface area contributed by atoms with Gasteiger partial charge in [-0.2, -0.15) is 0 Å². The molecule has 1 unspecified atom stereocenters. The number of rotatable bonds is 6. The molecule has 2 saturated heterocycles. The van der Waals surface area contributed by atoms with E-state index in [0.717, 1.165) is 37.1 Å². The number of fused-ring (bicyclic) bond motifs is 1. The zero-order chi connectivity index (χ0) is 20.4. The molecule has 1 aromatic carbocycles. The summed E-state index contributed by atoms with van der Waals surface area (Å²) in [6.07, 6.45) is 4.61. The van der Waals surface area contributed by atoms with Crippen molar-refractivity contribution in [1.29, 1.82) is 0 Å². The Morgan fingerprint density at radius 1 is 1.10 bits per heavy atom. The van der Waals surface area contributed by atoms with E-state index in [1.165, 1.54) is 0 Å². The molecule has 0 aromatic heterocycles. The van der Waals surface area contributed by atoms with Crippen LogP contribution in [-0.2, 0) is 27.3 Å². The van der Waals surface area contributed by atoms with Crippen molar-refractivity contribution in [1.82, 2.24) is 15.5 Å². The number of halogens is 1. The summed E-state index contributed by atoms with van der Waals surface area (Å²) in [7, 11) is 0. The Kier molecular flexibility index (Phi) is 7.26. The summed E-state index contributed by atoms with van der Waals surface area (Å²) in [5.41, 5.74) is 2.54. The van der Waals surface area contributed by atoms with Gasteiger partial charge in [0.15, 0.2) is 0 Å². The lowest BCUT2D eigenvalue weighted by atomic mass is 9.91. The van der Waals surface area contributed by atoms with Gasteiger partial charge in [0.1, 0.15) is 11.8 Å². The molecule has 3 heterocycles. The van der Waals surface area contributed by atoms with Gasteiger partial charge in [0.25, 0.3) is 5.91 Å². The smallest absolute Gasteiger partial charge is 0.255 e. The van der Waals surface area contributed by atoms with Crippen LogP contribution < -0.4 is 10.6 Å². The number of nitrogens with zero attached hydrogens (tertiary/aromatic N) is 1. The molecule has 0 bridgehead atoms. The number of imide groups is 1. The van der Waals surface area contributed by atoms with Crippen LogP contribution in [0.25, 0.3) is 0 Å². The van der Waals surface area contributed by atoms with Gasteiger partial charge in [0, 0.05) is 31.4 Å². The molecule has 3 aliphatic heterocycles. The third-order valence-electron chi connectivity index (χ3n) is 6.26. The minimum atomic E-state index is -0.595. The van der Waals surface area contributed by atoms with Crippen LogP contribution in [0.15, 0.2) is 18.2 Å². The predicted octanol–water partition coefficient (Wildman–Crippen LogP) is 1.76. The van der Waals surface area contributed by atoms with Crippen molar-refractivity contribution >= 4 is 35.9 Å². The lowest BCUT2D eigenvalue weighted by Gasteiger charge is -2.29. The summed E-state index contributed by atoms with van der Waals surface area (Å²) in [6, 6.07) is 5.10. The zero-order valence-electron chi connectivity index (χ0n) is 16.9. The molecule has 0 radical (unpaired) electrons. The monoisotopic (exact) mass is 433 g/mol. The SMILES string of the molecule is Cl.O=C(CCc1ccc2c(c1)CN(C1CCC(=O)NC1=O)C2=O)CC1CCNCC1. The van der Waals surface area contributed by atoms with Crippen molar-refractivity contribution in [3.63, 3.8) is 0 Å². The number of carbonyl (C=O) groups is 4. The van der Waals surface area contributed by atoms with Gasteiger partial charge in [-0.15, -0.1) is 12.4 Å². The second-order valence-corrected chi connectivity index (χ2v) is 8.33. The first-order valence-corrected chi connectivity index (χ1v) is 10.5. The predicted molar refractivity (Wildman–Crippen MR) is 113 cm³/mol. The van der Waals surface area contributed by atoms with Crippen molar-refractivity contribution in [2.45, 2.75) is 57.5 Å². The van der Waals surface area contributed by atoms with E-state index >= 15 is 0 Å². The highest BCUT2D eigenvalue weighted by atomic mass is 35.5. The van der Waals surface area contributed by atoms with Crippen LogP contribution in [-0.4, -0.2) is 47.5 Å². The Hall–Kier alpha value is -2.25. The van der Waals surface area contributed by atoms with Crippen LogP contribution in [0.1, 0.15) is 60.0 Å². The van der Waals surface area contributed by atoms with E-state index in [1.54, 1.807) is 11.0 Å². The van der Waals surface area contributed by atoms with Crippen LogP contribution in [0, 0.1) is 5.92 Å². The number of benzene rings is 1. The standard InChI is InChI=1S/C22H27N3O4.ClH/c26-17(12-15-7-9-23-10-8-15)3-1-14-2-4-18-16(11-14)13-25(22(18)29)19-5-6-20(27)24-21(19)28;/h2,4,11,15,19,23H,1,3,5-10,12-13H2,(H,24,27,28);1H. The molecule has 2 fully saturated rings. The molecule has 1 aromatic rings. The first kappa shape index (κ1) is 22.4. The van der Waals surface area contributed by atoms with Gasteiger partial charge in [0.2, 0.25) is 11.8 Å². The topological polar surface area (TPSA) is 95.6 Å². The molecule has 30 heavy (non-hydrogen) atoms. The number of carbonyl (C=O) groups excluding carboxylic acids is 4. The summed E-state index contributed by atoms with van der Waals surface area (Å²) in [4.78, 5) is 50.1. The highest BCUT2D eigenvalue weighted by molar-refractivity contribution is 6.05. The van der Waals surface area contributed by atoms with Crippen molar-refractivity contribution < 1.29 is 19.2 Å². The maximum atomic E-state index is 12.7. The number of ketones is 1. The van der Waals surface area contributed by atoms with Crippen molar-refractivity contribution in [3.8, 4) is 0 Å². The highest BCUT2D eigenvalue weighted by Gasteiger charge is 2.39. The zero-order valence-corrected chi connectivity index (χ0v) is 17.8. The molecule has 0 aliphatic carbocycles. The fourth-order valence-corrected chi connectivity index (χ4v) is 4.58. The maximum Gasteiger partial charge on any atom is 0.255 e. The molecule has 4 rings (SSSR count). The van der Waals surface area contributed by atoms with Crippen molar-refractivity contribution in [2.24, 2.45) is 5.92 Å². The van der Waals surface area contributed by atoms with E-state index in [4.69, 9.17) is 0 Å². The molecule has 3 amide bonds. The molecular formula is C22H28ClN3O4. The Labute approximate surface area is 182 Å². The summed E-state index contributed by atoms with van der Waals surface area (Å²) >= 11 is 0. The van der Waals surface area contributed by atoms with E-state index < -0.39 is 11.9 Å². The lowest BCUT2D eigenvalue weighted by Crippen LogP contribution is -2.52. The second kappa shape index (κ2) is 9.71. The Bertz CT molecular complexity index is 851. The summed E-state index contributed by atoms with van der Waals surface area (Å²) in [6.45, 7) is 2.37. The van der Waals surface area contributed by atoms with Crippen LogP contribution in [0.5, 0.6) is 0 Å². The average molecular weight is 434 g/mol. The minimum Gasteiger partial charge on any atom is -0.322 e. The van der Waals surface area contributed by atoms with Gasteiger partial charge < -0.3 is 10.2 Å². The van der Waals surface area contributed by atoms with Gasteiger partial charge in [-0.1, -0.05) is 12.1 Å². The number of Topliss-reactive ketones (excluding diaryl/α,β-unsaturated/α-hetero) is 1. The van der Waals surface area contributed by atoms with E-state index in [2.05, 4.69) is 10.6 Å². The Morgan fingerprint density at radius 2 is 1.87 bits per heavy atom. The minimum absolute atomic E-state index is 0. The number of nitrogens with one attached hydrogen (secondary N) is 2. The summed E-state index contributed by atoms with van der Waals surface area (Å²) in [5.74, 6) is -0.0388. The van der Waals surface area contributed by atoms with E-state index in [0.29, 0.717) is 49.5 Å². The lowest BCUT2D eigenvalue weighted by molar-refractivity contribution is -0.137. The normalized spacial score (nSPS) is 21.8. The molecule has 2 N–H and O–H groups in total. The number of amides is 3. The third-order valence-corrected chi connectivity index (χ3v) is 6.26. The molecule has 7 nitrogen and oxygen atoms in total. The van der Waals surface area contributed by atoms with Crippen molar-refractivity contribution in [3.05, 3.63) is 34.9 Å². The van der Waals surface area contributed by atoms with Gasteiger partial charge in [-0.05, 0) is 61.9 Å². The quantitative estimate of drug-likeness (QED) is 0.666. The first-order chi connectivity index (χ1) is 14.0. The van der Waals surface area contributed by atoms with Crippen LogP contribution in [0.3, 0.4) is 0 Å². The van der Waals surface area contributed by atoms with E-state index in [1.807, 2.05) is 12.1 Å². The number of hydrogen-bond donors (Lipinski definition) is 2. The molecule has 0 spiro atoms. The molecular weight excluding hydrogens is 406 g/mol. The van der Waals surface area contributed by atoms with Crippen molar-refractivity contribution in [2.75, 3.05) is 13.1 Å². The average Bonchev–Trinajstić information content (AvgIpc) is 3.03. The van der Waals surface area contributed by atoms with E-state index in [-0.39, 0.29) is 30.6 Å². The van der Waals surface area contributed by atoms with Crippen LogP contribution >= 0.6 is 12.4 Å². The summed E-state index contributed by atoms with van der Waals surface area (Å²) in [5, 5.41) is 5.64. The van der Waals surface area contributed by atoms with Gasteiger partial charge in [-0.25, -0.2) is 0 Å². The number of piperidine rings is 2. The maximum absolute atomic E-state index is 12.7. The Balaban J connectivity index is 0.00000256. The molecule has 8 heteroatoms. The fraction of sp³-hybridized carbons (Fsp3) is 0.545. The first-order valence-electron chi connectivity index (χ1n) is 10.5. The second-order valence-electron chi connectivity index (χ2n) is 8.33. The molecule has 3 aliphatic rings.